The van der Waals surface area contributed by atoms with Crippen molar-refractivity contribution in [3.05, 3.63) is 29.8 Å². The Morgan fingerprint density at radius 2 is 2.05 bits per heavy atom. The van der Waals surface area contributed by atoms with E-state index in [1.807, 2.05) is 30.1 Å². The first kappa shape index (κ1) is 16.6. The number of thiocarbonyl (C=S) groups is 1. The molecule has 0 heterocycles. The van der Waals surface area contributed by atoms with Crippen molar-refractivity contribution in [1.82, 2.24) is 4.90 Å². The lowest BCUT2D eigenvalue weighted by molar-refractivity contribution is -0.117. The number of likely N-dealkylation sites (N-methyl/N-ethyl adjacent to an activating group) is 1. The molecule has 0 radical (unpaired) electrons. The van der Waals surface area contributed by atoms with E-state index in [-0.39, 0.29) is 11.3 Å². The van der Waals surface area contributed by atoms with Crippen LogP contribution >= 0.6 is 12.2 Å². The molecule has 1 aromatic rings. The van der Waals surface area contributed by atoms with Gasteiger partial charge in [-0.25, -0.2) is 0 Å². The average Bonchev–Trinajstić information content (AvgIpc) is 2.25. The minimum Gasteiger partial charge on any atom is -0.389 e. The maximum atomic E-state index is 12.0. The molecule has 0 aliphatic heterocycles. The molecule has 0 atom stereocenters. The third kappa shape index (κ3) is 6.12. The van der Waals surface area contributed by atoms with Gasteiger partial charge in [0.05, 0.1) is 6.54 Å². The highest BCUT2D eigenvalue weighted by Crippen LogP contribution is 2.14. The summed E-state index contributed by atoms with van der Waals surface area (Å²) in [5, 5.41) is 2.86. The molecule has 0 aromatic heterocycles. The van der Waals surface area contributed by atoms with Crippen LogP contribution in [-0.4, -0.2) is 35.9 Å². The molecular weight excluding hydrogens is 270 g/mol. The second kappa shape index (κ2) is 6.81. The van der Waals surface area contributed by atoms with Gasteiger partial charge in [0.1, 0.15) is 4.99 Å². The Morgan fingerprint density at radius 1 is 1.40 bits per heavy atom. The fourth-order valence-corrected chi connectivity index (χ4v) is 2.19. The molecule has 0 aliphatic rings. The summed E-state index contributed by atoms with van der Waals surface area (Å²) in [4.78, 5) is 14.3. The van der Waals surface area contributed by atoms with Crippen molar-refractivity contribution in [2.24, 2.45) is 11.1 Å². The molecule has 0 saturated heterocycles. The van der Waals surface area contributed by atoms with Crippen LogP contribution in [0.25, 0.3) is 0 Å². The van der Waals surface area contributed by atoms with E-state index in [0.29, 0.717) is 17.2 Å². The first-order valence-electron chi connectivity index (χ1n) is 6.56. The average molecular weight is 293 g/mol. The van der Waals surface area contributed by atoms with E-state index < -0.39 is 0 Å². The molecule has 0 saturated carbocycles. The Hall–Kier alpha value is -1.46. The van der Waals surface area contributed by atoms with E-state index in [2.05, 4.69) is 26.1 Å². The highest BCUT2D eigenvalue weighted by atomic mass is 32.1. The summed E-state index contributed by atoms with van der Waals surface area (Å²) in [7, 11) is 1.94. The van der Waals surface area contributed by atoms with Crippen molar-refractivity contribution in [2.45, 2.75) is 20.8 Å². The fourth-order valence-electron chi connectivity index (χ4n) is 2.06. The van der Waals surface area contributed by atoms with Crippen LogP contribution in [0.5, 0.6) is 0 Å². The maximum absolute atomic E-state index is 12.0. The topological polar surface area (TPSA) is 58.4 Å². The number of carbonyl (C=O) groups is 1. The van der Waals surface area contributed by atoms with Gasteiger partial charge in [-0.05, 0) is 24.6 Å². The normalized spacial score (nSPS) is 11.4. The first-order chi connectivity index (χ1) is 9.17. The maximum Gasteiger partial charge on any atom is 0.238 e. The van der Waals surface area contributed by atoms with Gasteiger partial charge in [-0.3, -0.25) is 9.69 Å². The summed E-state index contributed by atoms with van der Waals surface area (Å²) in [6.45, 7) is 7.65. The van der Waals surface area contributed by atoms with Crippen molar-refractivity contribution < 1.29 is 4.79 Å². The van der Waals surface area contributed by atoms with Gasteiger partial charge in [-0.2, -0.15) is 0 Å². The summed E-state index contributed by atoms with van der Waals surface area (Å²) in [6, 6.07) is 7.25. The molecule has 20 heavy (non-hydrogen) atoms. The van der Waals surface area contributed by atoms with Crippen molar-refractivity contribution in [3.8, 4) is 0 Å². The third-order valence-electron chi connectivity index (χ3n) is 2.59. The number of hydrogen-bond donors (Lipinski definition) is 2. The number of amides is 1. The highest BCUT2D eigenvalue weighted by molar-refractivity contribution is 7.80. The van der Waals surface area contributed by atoms with Crippen LogP contribution in [0.2, 0.25) is 0 Å². The van der Waals surface area contributed by atoms with Crippen LogP contribution in [0.4, 0.5) is 5.69 Å². The van der Waals surface area contributed by atoms with Gasteiger partial charge in [0.15, 0.2) is 0 Å². The monoisotopic (exact) mass is 293 g/mol. The zero-order chi connectivity index (χ0) is 15.3. The summed E-state index contributed by atoms with van der Waals surface area (Å²) in [5.74, 6) is -0.0446. The van der Waals surface area contributed by atoms with E-state index in [1.165, 1.54) is 0 Å². The van der Waals surface area contributed by atoms with Crippen LogP contribution in [-0.2, 0) is 4.79 Å². The van der Waals surface area contributed by atoms with Crippen molar-refractivity contribution in [3.63, 3.8) is 0 Å². The predicted octanol–water partition coefficient (Wildman–Crippen LogP) is 2.24. The van der Waals surface area contributed by atoms with Gasteiger partial charge in [-0.15, -0.1) is 0 Å². The van der Waals surface area contributed by atoms with Crippen molar-refractivity contribution in [2.75, 3.05) is 25.5 Å². The zero-order valence-electron chi connectivity index (χ0n) is 12.6. The molecule has 1 rings (SSSR count). The highest BCUT2D eigenvalue weighted by Gasteiger charge is 2.15. The Balaban J connectivity index is 2.58. The summed E-state index contributed by atoms with van der Waals surface area (Å²) in [6.07, 6.45) is 0. The molecule has 1 aromatic carbocycles. The van der Waals surface area contributed by atoms with Crippen molar-refractivity contribution in [1.29, 1.82) is 0 Å². The second-order valence-electron chi connectivity index (χ2n) is 6.23. The molecule has 0 aliphatic carbocycles. The van der Waals surface area contributed by atoms with Crippen LogP contribution in [0.3, 0.4) is 0 Å². The standard InChI is InChI=1S/C15H23N3OS/c1-15(2,3)10-18(4)9-13(19)17-12-7-5-6-11(8-12)14(16)20/h5-8H,9-10H2,1-4H3,(H2,16,20)(H,17,19). The molecule has 110 valence electrons. The summed E-state index contributed by atoms with van der Waals surface area (Å²) >= 11 is 4.92. The van der Waals surface area contributed by atoms with E-state index in [9.17, 15) is 4.79 Å². The van der Waals surface area contributed by atoms with E-state index in [4.69, 9.17) is 18.0 Å². The SMILES string of the molecule is CN(CC(=O)Nc1cccc(C(N)=S)c1)CC(C)(C)C. The number of nitrogens with one attached hydrogen (secondary N) is 1. The Kier molecular flexibility index (Phi) is 5.65. The molecular formula is C15H23N3OS. The number of nitrogens with zero attached hydrogens (tertiary/aromatic N) is 1. The summed E-state index contributed by atoms with van der Waals surface area (Å²) < 4.78 is 0. The minimum absolute atomic E-state index is 0.0446. The second-order valence-corrected chi connectivity index (χ2v) is 6.67. The van der Waals surface area contributed by atoms with Crippen LogP contribution in [0, 0.1) is 5.41 Å². The molecule has 0 fully saturated rings. The third-order valence-corrected chi connectivity index (χ3v) is 2.82. The van der Waals surface area contributed by atoms with Crippen molar-refractivity contribution >= 4 is 28.8 Å². The van der Waals surface area contributed by atoms with Crippen LogP contribution in [0.15, 0.2) is 24.3 Å². The van der Waals surface area contributed by atoms with Gasteiger partial charge in [0.2, 0.25) is 5.91 Å². The van der Waals surface area contributed by atoms with E-state index >= 15 is 0 Å². The number of carbonyl (C=O) groups excluding carboxylic acids is 1. The number of hydrogen-bond acceptors (Lipinski definition) is 3. The van der Waals surface area contributed by atoms with E-state index in [1.54, 1.807) is 6.07 Å². The lowest BCUT2D eigenvalue weighted by Gasteiger charge is -2.25. The Morgan fingerprint density at radius 3 is 2.60 bits per heavy atom. The number of nitrogens with two attached hydrogens (primary N) is 1. The van der Waals surface area contributed by atoms with Gasteiger partial charge < -0.3 is 11.1 Å². The van der Waals surface area contributed by atoms with E-state index in [0.717, 1.165) is 12.1 Å². The van der Waals surface area contributed by atoms with Crippen LogP contribution < -0.4 is 11.1 Å². The summed E-state index contributed by atoms with van der Waals surface area (Å²) in [5.41, 5.74) is 7.20. The predicted molar refractivity (Wildman–Crippen MR) is 87.9 cm³/mol. The van der Waals surface area contributed by atoms with Gasteiger partial charge in [0, 0.05) is 17.8 Å². The molecule has 0 bridgehead atoms. The molecule has 5 heteroatoms. The minimum atomic E-state index is -0.0446. The molecule has 4 nitrogen and oxygen atoms in total. The molecule has 1 amide bonds. The molecule has 3 N–H and O–H groups in total. The van der Waals surface area contributed by atoms with Gasteiger partial charge >= 0.3 is 0 Å². The Bertz CT molecular complexity index is 494. The van der Waals surface area contributed by atoms with Gasteiger partial charge in [-0.1, -0.05) is 45.1 Å². The number of benzene rings is 1. The number of anilines is 1. The largest absolute Gasteiger partial charge is 0.389 e. The fraction of sp³-hybridized carbons (Fsp3) is 0.467. The smallest absolute Gasteiger partial charge is 0.238 e. The molecule has 0 unspecified atom stereocenters. The zero-order valence-corrected chi connectivity index (χ0v) is 13.4. The first-order valence-corrected chi connectivity index (χ1v) is 6.96. The lowest BCUT2D eigenvalue weighted by Crippen LogP contribution is -2.35. The van der Waals surface area contributed by atoms with Gasteiger partial charge in [0.25, 0.3) is 0 Å². The van der Waals surface area contributed by atoms with Crippen LogP contribution in [0.1, 0.15) is 26.3 Å². The molecule has 0 spiro atoms. The lowest BCUT2D eigenvalue weighted by atomic mass is 9.96. The number of rotatable bonds is 5. The Labute approximate surface area is 126 Å². The quantitative estimate of drug-likeness (QED) is 0.818.